The number of hydrogen-bond donors (Lipinski definition) is 2. The van der Waals surface area contributed by atoms with Gasteiger partial charge in [-0.1, -0.05) is 25.1 Å². The van der Waals surface area contributed by atoms with E-state index < -0.39 is 10.0 Å². The Morgan fingerprint density at radius 1 is 1.03 bits per heavy atom. The van der Waals surface area contributed by atoms with E-state index in [1.54, 1.807) is 43.6 Å². The van der Waals surface area contributed by atoms with Gasteiger partial charge in [0, 0.05) is 49.4 Å². The van der Waals surface area contributed by atoms with Crippen LogP contribution in [0.25, 0.3) is 34.0 Å². The van der Waals surface area contributed by atoms with Crippen molar-refractivity contribution in [2.45, 2.75) is 18.2 Å². The molecule has 6 nitrogen and oxygen atoms in total. The first-order valence-corrected chi connectivity index (χ1v) is 14.0. The Morgan fingerprint density at radius 2 is 1.76 bits per heavy atom. The topological polar surface area (TPSA) is 78.1 Å². The molecule has 1 aliphatic rings. The van der Waals surface area contributed by atoms with E-state index in [4.69, 9.17) is 0 Å². The molecule has 0 fully saturated rings. The summed E-state index contributed by atoms with van der Waals surface area (Å²) < 4.78 is 40.3. The number of nitrogens with one attached hydrogen (secondary N) is 2. The first kappa shape index (κ1) is 25.6. The van der Waals surface area contributed by atoms with Crippen LogP contribution in [0.5, 0.6) is 0 Å². The van der Waals surface area contributed by atoms with Gasteiger partial charge < -0.3 is 9.88 Å². The molecule has 8 heteroatoms. The molecule has 0 saturated heterocycles. The van der Waals surface area contributed by atoms with Crippen LogP contribution in [0.4, 0.5) is 4.39 Å². The molecule has 1 aliphatic heterocycles. The third-order valence-electron chi connectivity index (χ3n) is 6.57. The molecule has 0 bridgehead atoms. The minimum absolute atomic E-state index is 0.261. The molecule has 0 atom stereocenters. The van der Waals surface area contributed by atoms with Crippen LogP contribution in [0.2, 0.25) is 0 Å². The number of nitrogens with zero attached hydrogens (tertiary/aromatic N) is 2. The van der Waals surface area contributed by atoms with Crippen LogP contribution in [0.15, 0.2) is 96.4 Å². The van der Waals surface area contributed by atoms with Crippen molar-refractivity contribution in [1.82, 2.24) is 19.6 Å². The van der Waals surface area contributed by atoms with Crippen molar-refractivity contribution in [3.8, 4) is 22.4 Å². The zero-order valence-corrected chi connectivity index (χ0v) is 21.9. The van der Waals surface area contributed by atoms with Crippen molar-refractivity contribution in [2.75, 3.05) is 19.6 Å². The van der Waals surface area contributed by atoms with Crippen molar-refractivity contribution >= 4 is 21.7 Å². The molecule has 194 valence electrons. The Morgan fingerprint density at radius 3 is 2.42 bits per heavy atom. The summed E-state index contributed by atoms with van der Waals surface area (Å²) in [4.78, 5) is 10.1. The minimum Gasteiger partial charge on any atom is -0.373 e. The molecule has 0 unspecified atom stereocenters. The molecule has 0 radical (unpaired) electrons. The van der Waals surface area contributed by atoms with Crippen molar-refractivity contribution in [3.63, 3.8) is 0 Å². The van der Waals surface area contributed by atoms with E-state index in [0.717, 1.165) is 53.0 Å². The summed E-state index contributed by atoms with van der Waals surface area (Å²) in [5, 5.41) is 0. The summed E-state index contributed by atoms with van der Waals surface area (Å²) in [6.07, 6.45) is 12.7. The number of sulfonamides is 1. The van der Waals surface area contributed by atoms with Gasteiger partial charge in [0.1, 0.15) is 5.82 Å². The van der Waals surface area contributed by atoms with Crippen molar-refractivity contribution in [2.24, 2.45) is 0 Å². The second-order valence-electron chi connectivity index (χ2n) is 9.06. The Balaban J connectivity index is 1.35. The van der Waals surface area contributed by atoms with Gasteiger partial charge in [-0.05, 0) is 89.5 Å². The summed E-state index contributed by atoms with van der Waals surface area (Å²) in [5.41, 5.74) is 7.34. The third kappa shape index (κ3) is 5.61. The van der Waals surface area contributed by atoms with Gasteiger partial charge in [-0.15, -0.1) is 0 Å². The van der Waals surface area contributed by atoms with Crippen molar-refractivity contribution in [1.29, 1.82) is 0 Å². The maximum atomic E-state index is 13.6. The van der Waals surface area contributed by atoms with Crippen LogP contribution < -0.4 is 4.72 Å². The number of aromatic amines is 1. The van der Waals surface area contributed by atoms with E-state index in [1.807, 2.05) is 42.7 Å². The quantitative estimate of drug-likeness (QED) is 0.297. The highest BCUT2D eigenvalue weighted by Gasteiger charge is 2.20. The van der Waals surface area contributed by atoms with Gasteiger partial charge in [-0.2, -0.15) is 0 Å². The summed E-state index contributed by atoms with van der Waals surface area (Å²) in [7, 11) is -3.45. The number of pyridine rings is 1. The molecule has 2 aromatic carbocycles. The van der Waals surface area contributed by atoms with Crippen LogP contribution in [0, 0.1) is 5.82 Å². The van der Waals surface area contributed by atoms with E-state index >= 15 is 0 Å². The molecule has 5 rings (SSSR count). The number of rotatable bonds is 8. The Kier molecular flexibility index (Phi) is 7.53. The van der Waals surface area contributed by atoms with Crippen LogP contribution in [-0.2, 0) is 10.0 Å². The van der Waals surface area contributed by atoms with Gasteiger partial charge in [0.25, 0.3) is 0 Å². The van der Waals surface area contributed by atoms with E-state index in [2.05, 4.69) is 25.7 Å². The van der Waals surface area contributed by atoms with Crippen LogP contribution in [-0.4, -0.2) is 42.9 Å². The van der Waals surface area contributed by atoms with Crippen LogP contribution in [0.1, 0.15) is 24.5 Å². The average molecular weight is 529 g/mol. The highest BCUT2D eigenvalue weighted by molar-refractivity contribution is 7.89. The lowest BCUT2D eigenvalue weighted by Gasteiger charge is -2.25. The molecule has 38 heavy (non-hydrogen) atoms. The summed E-state index contributed by atoms with van der Waals surface area (Å²) in [6.45, 7) is 3.72. The van der Waals surface area contributed by atoms with Gasteiger partial charge in [0.05, 0.1) is 10.6 Å². The highest BCUT2D eigenvalue weighted by Crippen LogP contribution is 2.39. The van der Waals surface area contributed by atoms with Crippen LogP contribution >= 0.6 is 0 Å². The third-order valence-corrected chi connectivity index (χ3v) is 8.13. The molecule has 0 spiro atoms. The van der Waals surface area contributed by atoms with E-state index in [9.17, 15) is 12.8 Å². The van der Waals surface area contributed by atoms with Gasteiger partial charge in [0.2, 0.25) is 10.0 Å². The fourth-order valence-electron chi connectivity index (χ4n) is 4.63. The fraction of sp³-hybridized carbons (Fsp3) is 0.167. The van der Waals surface area contributed by atoms with Crippen molar-refractivity contribution in [3.05, 3.63) is 108 Å². The standard InChI is InChI=1S/C30H29FN4O2S/c1-2-34-38(36,37)27-9-3-22(4-10-27)13-18-35-19-14-23(15-20-35)28-21-33-30(25-5-7-26(31)8-6-25)29(28)24-11-16-32-17-12-24/h3-14,16-18,21,33-34H,2,15,19-20H2,1H3. The molecular weight excluding hydrogens is 499 g/mol. The maximum Gasteiger partial charge on any atom is 0.240 e. The number of halogens is 1. The molecule has 2 aromatic heterocycles. The minimum atomic E-state index is -3.45. The first-order valence-electron chi connectivity index (χ1n) is 12.5. The number of hydrogen-bond acceptors (Lipinski definition) is 4. The molecule has 0 aliphatic carbocycles. The molecule has 0 saturated carbocycles. The maximum absolute atomic E-state index is 13.6. The number of benzene rings is 2. The molecule has 4 aromatic rings. The molecule has 2 N–H and O–H groups in total. The van der Waals surface area contributed by atoms with Crippen LogP contribution in [0.3, 0.4) is 0 Å². The Hall–Kier alpha value is -4.01. The zero-order valence-electron chi connectivity index (χ0n) is 21.1. The average Bonchev–Trinajstić information content (AvgIpc) is 3.38. The second-order valence-corrected chi connectivity index (χ2v) is 10.8. The van der Waals surface area contributed by atoms with Gasteiger partial charge in [0.15, 0.2) is 0 Å². The Labute approximate surface area is 222 Å². The lowest BCUT2D eigenvalue weighted by Crippen LogP contribution is -2.23. The van der Waals surface area contributed by atoms with Crippen molar-refractivity contribution < 1.29 is 12.8 Å². The predicted octanol–water partition coefficient (Wildman–Crippen LogP) is 5.94. The second kappa shape index (κ2) is 11.2. The summed E-state index contributed by atoms with van der Waals surface area (Å²) in [5.74, 6) is -0.261. The Bertz CT molecular complexity index is 1560. The molecule has 0 amide bonds. The molecule has 3 heterocycles. The number of aromatic nitrogens is 2. The van der Waals surface area contributed by atoms with E-state index in [1.165, 1.54) is 17.7 Å². The normalized spacial score (nSPS) is 14.2. The largest absolute Gasteiger partial charge is 0.373 e. The van der Waals surface area contributed by atoms with E-state index in [-0.39, 0.29) is 10.7 Å². The van der Waals surface area contributed by atoms with Gasteiger partial charge in [-0.25, -0.2) is 17.5 Å². The summed E-state index contributed by atoms with van der Waals surface area (Å²) in [6, 6.07) is 17.4. The predicted molar refractivity (Wildman–Crippen MR) is 150 cm³/mol. The first-order chi connectivity index (χ1) is 18.4. The number of H-pyrrole nitrogens is 1. The van der Waals surface area contributed by atoms with Gasteiger partial charge in [-0.3, -0.25) is 4.98 Å². The fourth-order valence-corrected chi connectivity index (χ4v) is 5.67. The van der Waals surface area contributed by atoms with E-state index in [0.29, 0.717) is 6.54 Å². The summed E-state index contributed by atoms with van der Waals surface area (Å²) >= 11 is 0. The zero-order chi connectivity index (χ0) is 26.5. The van der Waals surface area contributed by atoms with Gasteiger partial charge >= 0.3 is 0 Å². The lowest BCUT2D eigenvalue weighted by molar-refractivity contribution is 0.416. The smallest absolute Gasteiger partial charge is 0.240 e. The monoisotopic (exact) mass is 528 g/mol. The highest BCUT2D eigenvalue weighted by atomic mass is 32.2. The SMILES string of the molecule is CCNS(=O)(=O)c1ccc(C=CN2CC=C(c3c[nH]c(-c4ccc(F)cc4)c3-c3ccncc3)CC2)cc1. The lowest BCUT2D eigenvalue weighted by atomic mass is 9.92. The molecular formula is C30H29FN4O2S.